The maximum Gasteiger partial charge on any atom is -1.00 e. The van der Waals surface area contributed by atoms with Crippen LogP contribution in [-0.4, -0.2) is 3.21 Å². The summed E-state index contributed by atoms with van der Waals surface area (Å²) in [6.07, 6.45) is 3.09. The maximum atomic E-state index is 14.6. The first-order valence-corrected chi connectivity index (χ1v) is 24.0. The van der Waals surface area contributed by atoms with Gasteiger partial charge in [-0.05, 0) is 0 Å². The van der Waals surface area contributed by atoms with Crippen molar-refractivity contribution in [3.8, 4) is 11.1 Å². The standard InChI is InChI=1S/C29H41.C18H11F3.C5H5.2ClH.Zr/c1-26(2,3)22-14-18-13-19-15-23(27(4,5)6)25(29(10,11)12)17-21(19)20(18)16-24(22)28(7,8)9;19-18(20,21)16-9-3-5-13(12-16)11-15-8-4-7-14-6-1-2-10-17(14)15;1-2-4-5-3-1;;;/h13-17H,1-12H3;1-10,12H;1-3H,4H2;2*1H;/q;;;;;+2/p-2. The van der Waals surface area contributed by atoms with Gasteiger partial charge in [-0.25, -0.2) is 0 Å². The van der Waals surface area contributed by atoms with Gasteiger partial charge in [0.2, 0.25) is 0 Å². The summed E-state index contributed by atoms with van der Waals surface area (Å²) < 4.78 is 46.5. The van der Waals surface area contributed by atoms with E-state index in [0.29, 0.717) is 5.56 Å². The molecule has 0 saturated heterocycles. The van der Waals surface area contributed by atoms with Gasteiger partial charge in [0, 0.05) is 0 Å². The van der Waals surface area contributed by atoms with E-state index in [1.807, 2.05) is 12.1 Å². The molecule has 0 heterocycles. The van der Waals surface area contributed by atoms with Crippen LogP contribution in [0.1, 0.15) is 143 Å². The average molecular weight is 901 g/mol. The molecular formula is C52H57Cl2F3Zr. The van der Waals surface area contributed by atoms with E-state index in [0.717, 1.165) is 26.0 Å². The molecule has 2 aliphatic carbocycles. The molecule has 7 rings (SSSR count). The third-order valence-corrected chi connectivity index (χ3v) is 20.0. The monoisotopic (exact) mass is 898 g/mol. The summed E-state index contributed by atoms with van der Waals surface area (Å²) in [5.41, 5.74) is 11.4. The van der Waals surface area contributed by atoms with Crippen LogP contribution in [0.5, 0.6) is 0 Å². The van der Waals surface area contributed by atoms with Gasteiger partial charge in [0.25, 0.3) is 0 Å². The van der Waals surface area contributed by atoms with Crippen LogP contribution in [0.4, 0.5) is 13.2 Å². The number of benzene rings is 5. The minimum atomic E-state index is -4.46. The van der Waals surface area contributed by atoms with Crippen LogP contribution < -0.4 is 24.8 Å². The van der Waals surface area contributed by atoms with Crippen molar-refractivity contribution in [2.24, 2.45) is 0 Å². The molecule has 0 amide bonds. The first-order chi connectivity index (χ1) is 26.0. The Hall–Kier alpha value is -3.04. The number of hydrogen-bond acceptors (Lipinski definition) is 0. The van der Waals surface area contributed by atoms with Gasteiger partial charge in [0.1, 0.15) is 0 Å². The van der Waals surface area contributed by atoms with Crippen molar-refractivity contribution in [3.63, 3.8) is 0 Å². The van der Waals surface area contributed by atoms with Gasteiger partial charge in [-0.15, -0.1) is 0 Å². The van der Waals surface area contributed by atoms with E-state index in [2.05, 4.69) is 162 Å². The molecule has 5 aromatic rings. The molecule has 0 N–H and O–H groups in total. The van der Waals surface area contributed by atoms with Crippen molar-refractivity contribution in [3.05, 3.63) is 163 Å². The molecule has 0 aromatic heterocycles. The molecule has 0 spiro atoms. The predicted molar refractivity (Wildman–Crippen MR) is 229 cm³/mol. The first-order valence-electron chi connectivity index (χ1n) is 20.1. The zero-order valence-corrected chi connectivity index (χ0v) is 40.0. The zero-order chi connectivity index (χ0) is 40.7. The van der Waals surface area contributed by atoms with E-state index in [1.165, 1.54) is 59.9 Å². The summed E-state index contributed by atoms with van der Waals surface area (Å²) in [6, 6.07) is 31.0. The summed E-state index contributed by atoms with van der Waals surface area (Å²) in [5, 5.41) is 2.18. The summed E-state index contributed by atoms with van der Waals surface area (Å²) in [6.45, 7) is 27.8. The van der Waals surface area contributed by atoms with E-state index in [4.69, 9.17) is 0 Å². The fraction of sp³-hybridized carbons (Fsp3) is 0.365. The van der Waals surface area contributed by atoms with Crippen LogP contribution in [0.25, 0.3) is 21.9 Å². The largest absolute Gasteiger partial charge is 1.00 e. The number of alkyl halides is 3. The van der Waals surface area contributed by atoms with Gasteiger partial charge in [0.05, 0.1) is 0 Å². The Kier molecular flexibility index (Phi) is 12.8. The van der Waals surface area contributed by atoms with Crippen molar-refractivity contribution in [1.29, 1.82) is 0 Å². The fourth-order valence-corrected chi connectivity index (χ4v) is 18.0. The number of hydrogen-bond donors (Lipinski definition) is 0. The Morgan fingerprint density at radius 1 is 0.569 bits per heavy atom. The fourth-order valence-electron chi connectivity index (χ4n) is 9.03. The average Bonchev–Trinajstić information content (AvgIpc) is 3.74. The molecule has 0 nitrogen and oxygen atoms in total. The molecule has 2 aliphatic rings. The summed E-state index contributed by atoms with van der Waals surface area (Å²) in [4.78, 5) is 0. The molecule has 58 heavy (non-hydrogen) atoms. The Labute approximate surface area is 365 Å². The summed E-state index contributed by atoms with van der Waals surface area (Å²) >= 11 is -3.40. The molecule has 0 unspecified atom stereocenters. The molecular weight excluding hydrogens is 844 g/mol. The second kappa shape index (κ2) is 16.1. The van der Waals surface area contributed by atoms with Gasteiger partial charge < -0.3 is 24.8 Å². The molecule has 0 radical (unpaired) electrons. The predicted octanol–water partition coefficient (Wildman–Crippen LogP) is 8.86. The van der Waals surface area contributed by atoms with Crippen molar-refractivity contribution in [1.82, 2.24) is 0 Å². The molecule has 0 atom stereocenters. The van der Waals surface area contributed by atoms with E-state index >= 15 is 0 Å². The molecule has 0 fully saturated rings. The Morgan fingerprint density at radius 2 is 1.05 bits per heavy atom. The van der Waals surface area contributed by atoms with Crippen LogP contribution >= 0.6 is 0 Å². The molecule has 0 aliphatic heterocycles. The summed E-state index contributed by atoms with van der Waals surface area (Å²) in [7, 11) is 0. The number of halogens is 5. The smallest absolute Gasteiger partial charge is 1.00 e. The van der Waals surface area contributed by atoms with Crippen molar-refractivity contribution in [2.45, 2.75) is 121 Å². The van der Waals surface area contributed by atoms with Gasteiger partial charge in [-0.1, -0.05) is 0 Å². The third-order valence-electron chi connectivity index (χ3n) is 11.7. The molecule has 6 heteroatoms. The topological polar surface area (TPSA) is 0 Å². The van der Waals surface area contributed by atoms with Crippen LogP contribution in [0.15, 0.2) is 113 Å². The van der Waals surface area contributed by atoms with Crippen LogP contribution in [0.3, 0.4) is 0 Å². The quantitative estimate of drug-likeness (QED) is 0.169. The van der Waals surface area contributed by atoms with Crippen LogP contribution in [0.2, 0.25) is 0 Å². The van der Waals surface area contributed by atoms with Gasteiger partial charge >= 0.3 is 343 Å². The van der Waals surface area contributed by atoms with E-state index in [9.17, 15) is 13.2 Å². The second-order valence-electron chi connectivity index (χ2n) is 20.1. The normalized spacial score (nSPS) is 14.7. The molecule has 0 bridgehead atoms. The maximum absolute atomic E-state index is 14.6. The molecule has 0 saturated carbocycles. The minimum absolute atomic E-state index is 0. The number of rotatable bonds is 4. The first kappa shape index (κ1) is 46.0. The third kappa shape index (κ3) is 8.60. The van der Waals surface area contributed by atoms with Crippen LogP contribution in [0, 0.1) is 0 Å². The Morgan fingerprint density at radius 3 is 1.53 bits per heavy atom. The van der Waals surface area contributed by atoms with E-state index in [1.54, 1.807) is 6.07 Å². The van der Waals surface area contributed by atoms with Gasteiger partial charge in [0.15, 0.2) is 0 Å². The van der Waals surface area contributed by atoms with Crippen molar-refractivity contribution < 1.29 is 59.3 Å². The molecule has 304 valence electrons. The zero-order valence-electron chi connectivity index (χ0n) is 36.1. The number of fused-ring (bicyclic) bond motifs is 4. The van der Waals surface area contributed by atoms with Crippen molar-refractivity contribution >= 4 is 14.0 Å². The van der Waals surface area contributed by atoms with E-state index in [-0.39, 0.29) is 50.1 Å². The summed E-state index contributed by atoms with van der Waals surface area (Å²) in [5.74, 6) is 0. The van der Waals surface area contributed by atoms with Gasteiger partial charge in [-0.3, -0.25) is 0 Å². The number of allylic oxidation sites excluding steroid dienone is 4. The van der Waals surface area contributed by atoms with Crippen molar-refractivity contribution in [2.75, 3.05) is 0 Å². The Bertz CT molecular complexity index is 2380. The SMILES string of the molecule is CC(C)(C)c1cc2c(cc1C(C)(C)C)[CH](/[Zr+2]([C]1=CC=CC1)=[C](/c1cccc(C(F)(F)F)c1)c1cccc3ccccc13)c1cc(C(C)(C)C)c(C(C)(C)C)cc1-2.[Cl-].[Cl-]. The van der Waals surface area contributed by atoms with E-state index < -0.39 is 33.0 Å². The molecule has 5 aromatic carbocycles. The minimum Gasteiger partial charge on any atom is -1.00 e. The van der Waals surface area contributed by atoms with Crippen LogP contribution in [-0.2, 0) is 49.1 Å². The van der Waals surface area contributed by atoms with Gasteiger partial charge in [-0.2, -0.15) is 0 Å². The second-order valence-corrected chi connectivity index (χ2v) is 26.4. The Balaban J connectivity index is 0.00000320.